The van der Waals surface area contributed by atoms with Crippen LogP contribution < -0.4 is 5.32 Å². The summed E-state index contributed by atoms with van der Waals surface area (Å²) in [7, 11) is 0. The summed E-state index contributed by atoms with van der Waals surface area (Å²) in [6.45, 7) is 6.68. The van der Waals surface area contributed by atoms with E-state index in [0.717, 1.165) is 32.5 Å². The van der Waals surface area contributed by atoms with Crippen molar-refractivity contribution in [1.82, 2.24) is 10.2 Å². The quantitative estimate of drug-likeness (QED) is 0.902. The van der Waals surface area contributed by atoms with Gasteiger partial charge in [0.25, 0.3) is 0 Å². The molecule has 104 valence electrons. The van der Waals surface area contributed by atoms with E-state index in [1.165, 1.54) is 17.5 Å². The molecule has 0 spiro atoms. The topological polar surface area (TPSA) is 32.3 Å². The highest BCUT2D eigenvalue weighted by Crippen LogP contribution is 2.11. The van der Waals surface area contributed by atoms with Crippen molar-refractivity contribution in [2.45, 2.75) is 45.7 Å². The van der Waals surface area contributed by atoms with Crippen molar-refractivity contribution in [1.29, 1.82) is 0 Å². The molecule has 1 fully saturated rings. The lowest BCUT2D eigenvalue weighted by Crippen LogP contribution is -2.46. The zero-order valence-electron chi connectivity index (χ0n) is 12.0. The van der Waals surface area contributed by atoms with Gasteiger partial charge in [-0.2, -0.15) is 0 Å². The number of rotatable bonds is 4. The standard InChI is InChI=1S/C16H24N2O/c1-13-8-4-5-9-15(13)12-17-14(2)16(19)18-10-6-3-7-11-18/h4-5,8-9,14,17H,3,6-7,10-12H2,1-2H3. The predicted molar refractivity (Wildman–Crippen MR) is 77.9 cm³/mol. The van der Waals surface area contributed by atoms with Crippen LogP contribution in [0.1, 0.15) is 37.3 Å². The Bertz CT molecular complexity index is 425. The van der Waals surface area contributed by atoms with Gasteiger partial charge in [0.05, 0.1) is 6.04 Å². The first kappa shape index (κ1) is 14.1. The minimum atomic E-state index is -0.0993. The Morgan fingerprint density at radius 1 is 1.26 bits per heavy atom. The summed E-state index contributed by atoms with van der Waals surface area (Å²) in [4.78, 5) is 14.3. The van der Waals surface area contributed by atoms with E-state index in [0.29, 0.717) is 0 Å². The molecule has 1 N–H and O–H groups in total. The fourth-order valence-electron chi connectivity index (χ4n) is 2.55. The number of nitrogens with one attached hydrogen (secondary N) is 1. The van der Waals surface area contributed by atoms with Crippen LogP contribution >= 0.6 is 0 Å². The summed E-state index contributed by atoms with van der Waals surface area (Å²) in [5.41, 5.74) is 2.54. The molecule has 1 amide bonds. The molecule has 0 bridgehead atoms. The third-order valence-corrected chi connectivity index (χ3v) is 3.90. The summed E-state index contributed by atoms with van der Waals surface area (Å²) < 4.78 is 0. The molecule has 1 aromatic rings. The third kappa shape index (κ3) is 3.80. The van der Waals surface area contributed by atoms with Gasteiger partial charge in [-0.1, -0.05) is 24.3 Å². The average molecular weight is 260 g/mol. The zero-order chi connectivity index (χ0) is 13.7. The van der Waals surface area contributed by atoms with Crippen molar-refractivity contribution in [3.63, 3.8) is 0 Å². The highest BCUT2D eigenvalue weighted by atomic mass is 16.2. The molecular formula is C16H24N2O. The van der Waals surface area contributed by atoms with Gasteiger partial charge in [-0.25, -0.2) is 0 Å². The number of likely N-dealkylation sites (tertiary alicyclic amines) is 1. The van der Waals surface area contributed by atoms with Crippen molar-refractivity contribution in [2.24, 2.45) is 0 Å². The second-order valence-electron chi connectivity index (χ2n) is 5.42. The Morgan fingerprint density at radius 2 is 1.95 bits per heavy atom. The van der Waals surface area contributed by atoms with Gasteiger partial charge in [-0.3, -0.25) is 4.79 Å². The number of piperidine rings is 1. The molecule has 1 aliphatic heterocycles. The molecule has 1 aliphatic rings. The molecule has 0 radical (unpaired) electrons. The minimum absolute atomic E-state index is 0.0993. The van der Waals surface area contributed by atoms with Gasteiger partial charge in [0.1, 0.15) is 0 Å². The number of nitrogens with zero attached hydrogens (tertiary/aromatic N) is 1. The molecule has 1 heterocycles. The summed E-state index contributed by atoms with van der Waals surface area (Å²) >= 11 is 0. The number of carbonyl (C=O) groups excluding carboxylic acids is 1. The Hall–Kier alpha value is -1.35. The molecule has 0 aliphatic carbocycles. The third-order valence-electron chi connectivity index (χ3n) is 3.90. The first-order chi connectivity index (χ1) is 9.18. The van der Waals surface area contributed by atoms with Crippen LogP contribution in [0.15, 0.2) is 24.3 Å². The number of amides is 1. The molecule has 3 nitrogen and oxygen atoms in total. The van der Waals surface area contributed by atoms with Gasteiger partial charge in [0.2, 0.25) is 5.91 Å². The summed E-state index contributed by atoms with van der Waals surface area (Å²) in [6.07, 6.45) is 3.56. The predicted octanol–water partition coefficient (Wildman–Crippen LogP) is 2.49. The van der Waals surface area contributed by atoms with Crippen LogP contribution in [-0.4, -0.2) is 29.9 Å². The lowest BCUT2D eigenvalue weighted by atomic mass is 10.1. The smallest absolute Gasteiger partial charge is 0.239 e. The Balaban J connectivity index is 1.85. The van der Waals surface area contributed by atoms with Gasteiger partial charge in [0.15, 0.2) is 0 Å². The lowest BCUT2D eigenvalue weighted by Gasteiger charge is -2.29. The fraction of sp³-hybridized carbons (Fsp3) is 0.562. The maximum atomic E-state index is 12.3. The van der Waals surface area contributed by atoms with Gasteiger partial charge >= 0.3 is 0 Å². The first-order valence-corrected chi connectivity index (χ1v) is 7.25. The van der Waals surface area contributed by atoms with Crippen molar-refractivity contribution < 1.29 is 4.79 Å². The van der Waals surface area contributed by atoms with E-state index < -0.39 is 0 Å². The largest absolute Gasteiger partial charge is 0.341 e. The number of carbonyl (C=O) groups is 1. The van der Waals surface area contributed by atoms with Gasteiger partial charge in [-0.15, -0.1) is 0 Å². The Kier molecular flexibility index (Phi) is 4.97. The van der Waals surface area contributed by atoms with Gasteiger partial charge < -0.3 is 10.2 Å². The van der Waals surface area contributed by atoms with E-state index in [1.54, 1.807) is 0 Å². The molecule has 3 heteroatoms. The average Bonchev–Trinajstić information content (AvgIpc) is 2.46. The zero-order valence-corrected chi connectivity index (χ0v) is 12.0. The van der Waals surface area contributed by atoms with Gasteiger partial charge in [-0.05, 0) is 44.2 Å². The highest BCUT2D eigenvalue weighted by Gasteiger charge is 2.21. The van der Waals surface area contributed by atoms with Crippen LogP contribution in [0.25, 0.3) is 0 Å². The summed E-state index contributed by atoms with van der Waals surface area (Å²) in [5, 5.41) is 3.35. The molecular weight excluding hydrogens is 236 g/mol. The van der Waals surface area contributed by atoms with Crippen LogP contribution in [0, 0.1) is 6.92 Å². The van der Waals surface area contributed by atoms with Crippen LogP contribution in [-0.2, 0) is 11.3 Å². The molecule has 0 saturated carbocycles. The molecule has 1 saturated heterocycles. The number of aryl methyl sites for hydroxylation is 1. The highest BCUT2D eigenvalue weighted by molar-refractivity contribution is 5.81. The van der Waals surface area contributed by atoms with E-state index in [9.17, 15) is 4.79 Å². The van der Waals surface area contributed by atoms with Crippen LogP contribution in [0.5, 0.6) is 0 Å². The normalized spacial score (nSPS) is 17.3. The van der Waals surface area contributed by atoms with E-state index in [2.05, 4.69) is 24.4 Å². The van der Waals surface area contributed by atoms with Crippen molar-refractivity contribution >= 4 is 5.91 Å². The molecule has 19 heavy (non-hydrogen) atoms. The first-order valence-electron chi connectivity index (χ1n) is 7.25. The van der Waals surface area contributed by atoms with E-state index >= 15 is 0 Å². The maximum absolute atomic E-state index is 12.3. The van der Waals surface area contributed by atoms with E-state index in [1.807, 2.05) is 24.0 Å². The number of benzene rings is 1. The van der Waals surface area contributed by atoms with Crippen molar-refractivity contribution in [3.05, 3.63) is 35.4 Å². The summed E-state index contributed by atoms with van der Waals surface area (Å²) in [5.74, 6) is 0.244. The monoisotopic (exact) mass is 260 g/mol. The number of hydrogen-bond donors (Lipinski definition) is 1. The fourth-order valence-corrected chi connectivity index (χ4v) is 2.55. The van der Waals surface area contributed by atoms with Crippen molar-refractivity contribution in [3.8, 4) is 0 Å². The second kappa shape index (κ2) is 6.71. The summed E-state index contributed by atoms with van der Waals surface area (Å²) in [6, 6.07) is 8.20. The SMILES string of the molecule is Cc1ccccc1CNC(C)C(=O)N1CCCCC1. The lowest BCUT2D eigenvalue weighted by molar-refractivity contribution is -0.133. The van der Waals surface area contributed by atoms with E-state index in [-0.39, 0.29) is 11.9 Å². The van der Waals surface area contributed by atoms with E-state index in [4.69, 9.17) is 0 Å². The van der Waals surface area contributed by atoms with Crippen LogP contribution in [0.2, 0.25) is 0 Å². The second-order valence-corrected chi connectivity index (χ2v) is 5.42. The van der Waals surface area contributed by atoms with Gasteiger partial charge in [0, 0.05) is 19.6 Å². The Labute approximate surface area is 116 Å². The maximum Gasteiger partial charge on any atom is 0.239 e. The molecule has 0 aromatic heterocycles. The molecule has 1 atom stereocenters. The molecule has 1 aromatic carbocycles. The van der Waals surface area contributed by atoms with Crippen LogP contribution in [0.4, 0.5) is 0 Å². The Morgan fingerprint density at radius 3 is 2.63 bits per heavy atom. The molecule has 1 unspecified atom stereocenters. The number of hydrogen-bond acceptors (Lipinski definition) is 2. The van der Waals surface area contributed by atoms with Crippen molar-refractivity contribution in [2.75, 3.05) is 13.1 Å². The molecule has 2 rings (SSSR count). The minimum Gasteiger partial charge on any atom is -0.341 e. The van der Waals surface area contributed by atoms with Crippen LogP contribution in [0.3, 0.4) is 0 Å².